The van der Waals surface area contributed by atoms with Crippen LogP contribution < -0.4 is 0 Å². The molecule has 0 amide bonds. The highest BCUT2D eigenvalue weighted by molar-refractivity contribution is 5.71. The molecule has 0 N–H and O–H groups in total. The maximum atomic E-state index is 13.0. The SMILES string of the molecule is CC/C=C\C/C=C\C/C=C\C/C=C\CCCCCCCCCCCCC(=O)OC(COC(=O)CCCCCCCCCCCCCCCC)COC(=O)CCCCCCCCCCCCCCCCC/C=C\CCCCCCCCCC. The van der Waals surface area contributed by atoms with Crippen LogP contribution in [0.25, 0.3) is 0 Å². The molecule has 0 heterocycles. The highest BCUT2D eigenvalue weighted by Crippen LogP contribution is 2.18. The molecule has 0 aliphatic heterocycles. The summed E-state index contributed by atoms with van der Waals surface area (Å²) >= 11 is 0. The van der Waals surface area contributed by atoms with Gasteiger partial charge in [-0.3, -0.25) is 14.4 Å². The van der Waals surface area contributed by atoms with Crippen LogP contribution in [0.4, 0.5) is 0 Å². The summed E-state index contributed by atoms with van der Waals surface area (Å²) in [5.74, 6) is -0.848. The zero-order chi connectivity index (χ0) is 59.2. The van der Waals surface area contributed by atoms with Crippen LogP contribution in [0.15, 0.2) is 60.8 Å². The molecule has 0 bridgehead atoms. The van der Waals surface area contributed by atoms with Crippen LogP contribution in [0.5, 0.6) is 0 Å². The number of hydrogen-bond acceptors (Lipinski definition) is 6. The minimum absolute atomic E-state index is 0.0708. The second kappa shape index (κ2) is 70.6. The average Bonchev–Trinajstić information content (AvgIpc) is 3.47. The van der Waals surface area contributed by atoms with E-state index in [0.29, 0.717) is 19.3 Å². The first-order valence-electron chi connectivity index (χ1n) is 36.3. The lowest BCUT2D eigenvalue weighted by atomic mass is 10.0. The smallest absolute Gasteiger partial charge is 0.306 e. The van der Waals surface area contributed by atoms with Gasteiger partial charge >= 0.3 is 17.9 Å². The highest BCUT2D eigenvalue weighted by Gasteiger charge is 2.19. The molecule has 0 rings (SSSR count). The van der Waals surface area contributed by atoms with E-state index >= 15 is 0 Å². The zero-order valence-corrected chi connectivity index (χ0v) is 55.0. The maximum absolute atomic E-state index is 13.0. The fourth-order valence-electron chi connectivity index (χ4n) is 10.8. The number of carbonyl (C=O) groups is 3. The molecule has 0 fully saturated rings. The van der Waals surface area contributed by atoms with Crippen molar-refractivity contribution in [2.45, 2.75) is 393 Å². The Morgan fingerprint density at radius 1 is 0.256 bits per heavy atom. The summed E-state index contributed by atoms with van der Waals surface area (Å²) < 4.78 is 17.0. The van der Waals surface area contributed by atoms with Gasteiger partial charge in [-0.05, 0) is 83.5 Å². The highest BCUT2D eigenvalue weighted by atomic mass is 16.6. The number of carbonyl (C=O) groups excluding carboxylic acids is 3. The molecule has 0 aromatic carbocycles. The molecule has 0 aliphatic carbocycles. The largest absolute Gasteiger partial charge is 0.462 e. The first-order chi connectivity index (χ1) is 40.5. The number of allylic oxidation sites excluding steroid dienone is 10. The molecule has 1 atom stereocenters. The topological polar surface area (TPSA) is 78.9 Å². The lowest BCUT2D eigenvalue weighted by Crippen LogP contribution is -2.30. The van der Waals surface area contributed by atoms with Gasteiger partial charge < -0.3 is 14.2 Å². The fourth-order valence-corrected chi connectivity index (χ4v) is 10.8. The van der Waals surface area contributed by atoms with E-state index in [-0.39, 0.29) is 31.1 Å². The Kier molecular flexibility index (Phi) is 68.1. The van der Waals surface area contributed by atoms with Gasteiger partial charge in [-0.25, -0.2) is 0 Å². The van der Waals surface area contributed by atoms with Crippen molar-refractivity contribution in [1.82, 2.24) is 0 Å². The summed E-state index contributed by atoms with van der Waals surface area (Å²) in [7, 11) is 0. The maximum Gasteiger partial charge on any atom is 0.306 e. The normalized spacial score (nSPS) is 12.4. The first-order valence-corrected chi connectivity index (χ1v) is 36.3. The van der Waals surface area contributed by atoms with Gasteiger partial charge in [-0.15, -0.1) is 0 Å². The van der Waals surface area contributed by atoms with E-state index in [1.807, 2.05) is 0 Å². The van der Waals surface area contributed by atoms with Crippen molar-refractivity contribution >= 4 is 17.9 Å². The summed E-state index contributed by atoms with van der Waals surface area (Å²) in [5.41, 5.74) is 0. The van der Waals surface area contributed by atoms with Crippen molar-refractivity contribution in [2.75, 3.05) is 13.2 Å². The van der Waals surface area contributed by atoms with Crippen LogP contribution >= 0.6 is 0 Å². The molecule has 6 nitrogen and oxygen atoms in total. The third kappa shape index (κ3) is 67.9. The van der Waals surface area contributed by atoms with Crippen molar-refractivity contribution in [3.8, 4) is 0 Å². The molecule has 82 heavy (non-hydrogen) atoms. The van der Waals surface area contributed by atoms with Gasteiger partial charge in [-0.1, -0.05) is 345 Å². The Balaban J connectivity index is 4.25. The van der Waals surface area contributed by atoms with E-state index in [1.165, 1.54) is 263 Å². The van der Waals surface area contributed by atoms with Crippen LogP contribution in [-0.4, -0.2) is 37.2 Å². The standard InChI is InChI=1S/C76H138O6/c1-4-7-10-13-16-19-22-25-28-30-32-34-36-37-38-39-41-42-44-46-48-51-54-57-60-63-66-69-75(78)81-72-73(71-80-74(77)68-65-62-59-56-53-50-27-24-21-18-15-12-9-6-3)82-76(79)70-67-64-61-58-55-52-49-47-45-43-40-35-33-31-29-26-23-20-17-14-11-8-5-2/h8,11,17,20,26,29-30,32-33,35,73H,4-7,9-10,12-16,18-19,21-25,27-28,31,34,36-72H2,1-3H3/b11-8-,20-17-,29-26-,32-30-,35-33-. The number of rotatable bonds is 67. The molecule has 0 spiro atoms. The molecular formula is C76H138O6. The molecule has 0 aromatic heterocycles. The van der Waals surface area contributed by atoms with Gasteiger partial charge in [0.2, 0.25) is 0 Å². The number of esters is 3. The summed E-state index contributed by atoms with van der Waals surface area (Å²) in [6.07, 6.45) is 91.1. The van der Waals surface area contributed by atoms with Crippen molar-refractivity contribution in [3.63, 3.8) is 0 Å². The first kappa shape index (κ1) is 79.1. The molecular weight excluding hydrogens is 1010 g/mol. The van der Waals surface area contributed by atoms with E-state index in [0.717, 1.165) is 83.5 Å². The lowest BCUT2D eigenvalue weighted by molar-refractivity contribution is -0.167. The van der Waals surface area contributed by atoms with Crippen molar-refractivity contribution in [3.05, 3.63) is 60.8 Å². The predicted octanol–water partition coefficient (Wildman–Crippen LogP) is 25.1. The van der Waals surface area contributed by atoms with Crippen molar-refractivity contribution < 1.29 is 28.6 Å². The minimum atomic E-state index is -0.776. The third-order valence-corrected chi connectivity index (χ3v) is 16.3. The van der Waals surface area contributed by atoms with E-state index in [4.69, 9.17) is 14.2 Å². The fraction of sp³-hybridized carbons (Fsp3) is 0.829. The van der Waals surface area contributed by atoms with Gasteiger partial charge in [0.1, 0.15) is 13.2 Å². The van der Waals surface area contributed by atoms with Gasteiger partial charge in [0.25, 0.3) is 0 Å². The second-order valence-corrected chi connectivity index (χ2v) is 24.5. The van der Waals surface area contributed by atoms with Crippen LogP contribution in [0, 0.1) is 0 Å². The molecule has 0 saturated heterocycles. The summed E-state index contributed by atoms with van der Waals surface area (Å²) in [6.45, 7) is 6.59. The number of unbranched alkanes of at least 4 members (excludes halogenated alkanes) is 46. The Morgan fingerprint density at radius 3 is 0.756 bits per heavy atom. The van der Waals surface area contributed by atoms with Crippen molar-refractivity contribution in [2.24, 2.45) is 0 Å². The van der Waals surface area contributed by atoms with Gasteiger partial charge in [0.05, 0.1) is 0 Å². The molecule has 0 radical (unpaired) electrons. The molecule has 1 unspecified atom stereocenters. The monoisotopic (exact) mass is 1150 g/mol. The minimum Gasteiger partial charge on any atom is -0.462 e. The molecule has 6 heteroatoms. The third-order valence-electron chi connectivity index (χ3n) is 16.3. The molecule has 478 valence electrons. The van der Waals surface area contributed by atoms with E-state index in [2.05, 4.69) is 81.5 Å². The Labute approximate surface area is 510 Å². The van der Waals surface area contributed by atoms with E-state index in [9.17, 15) is 14.4 Å². The van der Waals surface area contributed by atoms with Gasteiger partial charge in [0, 0.05) is 19.3 Å². The average molecular weight is 1150 g/mol. The molecule has 0 aromatic rings. The quantitative estimate of drug-likeness (QED) is 0.0261. The number of ether oxygens (including phenoxy) is 3. The van der Waals surface area contributed by atoms with Crippen LogP contribution in [0.2, 0.25) is 0 Å². The predicted molar refractivity (Wildman–Crippen MR) is 358 cm³/mol. The van der Waals surface area contributed by atoms with E-state index in [1.54, 1.807) is 0 Å². The van der Waals surface area contributed by atoms with Gasteiger partial charge in [0.15, 0.2) is 6.10 Å². The molecule has 0 aliphatic rings. The summed E-state index contributed by atoms with van der Waals surface area (Å²) in [4.78, 5) is 38.5. The van der Waals surface area contributed by atoms with Gasteiger partial charge in [-0.2, -0.15) is 0 Å². The van der Waals surface area contributed by atoms with Crippen LogP contribution in [0.1, 0.15) is 387 Å². The van der Waals surface area contributed by atoms with Crippen LogP contribution in [0.3, 0.4) is 0 Å². The Hall–Kier alpha value is -2.89. The summed E-state index contributed by atoms with van der Waals surface area (Å²) in [5, 5.41) is 0. The summed E-state index contributed by atoms with van der Waals surface area (Å²) in [6, 6.07) is 0. The lowest BCUT2D eigenvalue weighted by Gasteiger charge is -2.18. The van der Waals surface area contributed by atoms with Crippen LogP contribution in [-0.2, 0) is 28.6 Å². The molecule has 0 saturated carbocycles. The Bertz CT molecular complexity index is 1460. The Morgan fingerprint density at radius 2 is 0.476 bits per heavy atom. The van der Waals surface area contributed by atoms with E-state index < -0.39 is 6.10 Å². The zero-order valence-electron chi connectivity index (χ0n) is 55.0. The second-order valence-electron chi connectivity index (χ2n) is 24.5. The number of hydrogen-bond donors (Lipinski definition) is 0. The van der Waals surface area contributed by atoms with Crippen molar-refractivity contribution in [1.29, 1.82) is 0 Å².